The summed E-state index contributed by atoms with van der Waals surface area (Å²) in [6.07, 6.45) is 4.62. The number of H-pyrrole nitrogens is 1. The van der Waals surface area contributed by atoms with Crippen LogP contribution in [0.25, 0.3) is 22.3 Å². The van der Waals surface area contributed by atoms with Crippen molar-refractivity contribution in [1.82, 2.24) is 25.1 Å². The minimum Gasteiger partial charge on any atom is -0.339 e. The zero-order chi connectivity index (χ0) is 21.9. The molecule has 0 radical (unpaired) electrons. The van der Waals surface area contributed by atoms with E-state index in [2.05, 4.69) is 35.8 Å². The number of amides is 1. The number of aromatic amines is 1. The van der Waals surface area contributed by atoms with E-state index in [0.29, 0.717) is 33.4 Å². The molecule has 0 fully saturated rings. The Morgan fingerprint density at radius 3 is 2.59 bits per heavy atom. The van der Waals surface area contributed by atoms with Crippen molar-refractivity contribution >= 4 is 45.7 Å². The zero-order valence-corrected chi connectivity index (χ0v) is 17.3. The van der Waals surface area contributed by atoms with Gasteiger partial charge in [0.1, 0.15) is 17.8 Å². The van der Waals surface area contributed by atoms with Crippen LogP contribution in [0.1, 0.15) is 10.4 Å². The molecule has 0 saturated heterocycles. The lowest BCUT2D eigenvalue weighted by molar-refractivity contribution is 0.102. The first kappa shape index (κ1) is 19.7. The molecule has 0 unspecified atom stereocenters. The van der Waals surface area contributed by atoms with Crippen LogP contribution >= 0.6 is 11.6 Å². The van der Waals surface area contributed by atoms with Gasteiger partial charge in [0, 0.05) is 39.9 Å². The Bertz CT molecular complexity index is 1420. The molecule has 0 atom stereocenters. The van der Waals surface area contributed by atoms with Crippen LogP contribution in [0, 0.1) is 0 Å². The van der Waals surface area contributed by atoms with E-state index in [-0.39, 0.29) is 5.91 Å². The van der Waals surface area contributed by atoms with Gasteiger partial charge in [-0.3, -0.25) is 14.9 Å². The lowest BCUT2D eigenvalue weighted by Crippen LogP contribution is -2.11. The molecule has 0 saturated carbocycles. The fraction of sp³-hybridized carbons (Fsp3) is 0. The number of pyridine rings is 1. The Morgan fingerprint density at radius 1 is 0.938 bits per heavy atom. The van der Waals surface area contributed by atoms with Crippen LogP contribution in [0.5, 0.6) is 0 Å². The normalized spacial score (nSPS) is 10.8. The first-order chi connectivity index (χ1) is 15.7. The molecule has 32 heavy (non-hydrogen) atoms. The van der Waals surface area contributed by atoms with Crippen LogP contribution in [-0.4, -0.2) is 31.1 Å². The number of benzene rings is 2. The number of carbonyl (C=O) groups is 1. The number of halogens is 1. The smallest absolute Gasteiger partial charge is 0.255 e. The highest BCUT2D eigenvalue weighted by atomic mass is 35.5. The maximum atomic E-state index is 12.5. The summed E-state index contributed by atoms with van der Waals surface area (Å²) in [7, 11) is 0. The molecule has 1 amide bonds. The minimum atomic E-state index is -0.219. The second-order valence-electron chi connectivity index (χ2n) is 6.92. The Labute approximate surface area is 187 Å². The van der Waals surface area contributed by atoms with Crippen molar-refractivity contribution in [3.05, 3.63) is 90.0 Å². The Morgan fingerprint density at radius 2 is 1.75 bits per heavy atom. The number of aromatic nitrogens is 5. The molecule has 9 heteroatoms. The SMILES string of the molecule is O=C(Nc1cccc(-c2n[nH]c3ncnc(Nc4cccc(Cl)c4)c23)c1)c1ccncc1. The van der Waals surface area contributed by atoms with E-state index in [1.54, 1.807) is 30.6 Å². The molecule has 0 bridgehead atoms. The first-order valence-corrected chi connectivity index (χ1v) is 10.1. The van der Waals surface area contributed by atoms with Crippen LogP contribution in [0.4, 0.5) is 17.2 Å². The summed E-state index contributed by atoms with van der Waals surface area (Å²) in [5.41, 5.74) is 4.00. The summed E-state index contributed by atoms with van der Waals surface area (Å²) in [6.45, 7) is 0. The second kappa shape index (κ2) is 8.44. The highest BCUT2D eigenvalue weighted by Crippen LogP contribution is 2.32. The number of rotatable bonds is 5. The van der Waals surface area contributed by atoms with Crippen molar-refractivity contribution in [1.29, 1.82) is 0 Å². The van der Waals surface area contributed by atoms with Crippen molar-refractivity contribution in [2.24, 2.45) is 0 Å². The lowest BCUT2D eigenvalue weighted by atomic mass is 10.1. The molecule has 0 aliphatic carbocycles. The molecule has 2 aromatic carbocycles. The number of hydrogen-bond acceptors (Lipinski definition) is 6. The summed E-state index contributed by atoms with van der Waals surface area (Å²) >= 11 is 6.11. The van der Waals surface area contributed by atoms with Gasteiger partial charge in [-0.2, -0.15) is 5.10 Å². The van der Waals surface area contributed by atoms with Crippen LogP contribution in [0.2, 0.25) is 5.02 Å². The third kappa shape index (κ3) is 3.99. The first-order valence-electron chi connectivity index (χ1n) is 9.71. The second-order valence-corrected chi connectivity index (χ2v) is 7.36. The fourth-order valence-corrected chi connectivity index (χ4v) is 3.51. The van der Waals surface area contributed by atoms with E-state index < -0.39 is 0 Å². The molecule has 0 aliphatic heterocycles. The van der Waals surface area contributed by atoms with Gasteiger partial charge in [0.15, 0.2) is 5.65 Å². The standard InChI is InChI=1S/C23H16ClN7O/c24-16-4-2-6-18(12-16)28-21-19-20(30-31-22(19)27-13-26-21)15-3-1-5-17(11-15)29-23(32)14-7-9-25-10-8-14/h1-13H,(H,29,32)(H2,26,27,28,30,31). The van der Waals surface area contributed by atoms with Gasteiger partial charge >= 0.3 is 0 Å². The molecular weight excluding hydrogens is 426 g/mol. The van der Waals surface area contributed by atoms with Crippen LogP contribution in [0.15, 0.2) is 79.4 Å². The molecule has 5 aromatic rings. The van der Waals surface area contributed by atoms with E-state index in [4.69, 9.17) is 11.6 Å². The quantitative estimate of drug-likeness (QED) is 0.351. The molecular formula is C23H16ClN7O. The molecule has 0 spiro atoms. The van der Waals surface area contributed by atoms with Gasteiger partial charge in [0.2, 0.25) is 0 Å². The molecule has 0 aliphatic rings. The van der Waals surface area contributed by atoms with Crippen molar-refractivity contribution < 1.29 is 4.79 Å². The van der Waals surface area contributed by atoms with E-state index in [1.165, 1.54) is 6.33 Å². The average molecular weight is 442 g/mol. The number of nitrogens with one attached hydrogen (secondary N) is 3. The number of carbonyl (C=O) groups excluding carboxylic acids is 1. The fourth-order valence-electron chi connectivity index (χ4n) is 3.32. The van der Waals surface area contributed by atoms with Gasteiger partial charge in [0.05, 0.1) is 5.39 Å². The van der Waals surface area contributed by atoms with Gasteiger partial charge < -0.3 is 10.6 Å². The summed E-state index contributed by atoms with van der Waals surface area (Å²) in [5.74, 6) is 0.371. The Hall–Kier alpha value is -4.30. The summed E-state index contributed by atoms with van der Waals surface area (Å²) in [4.78, 5) is 25.1. The molecule has 3 N–H and O–H groups in total. The minimum absolute atomic E-state index is 0.219. The zero-order valence-electron chi connectivity index (χ0n) is 16.6. The topological polar surface area (TPSA) is 108 Å². The summed E-state index contributed by atoms with van der Waals surface area (Å²) < 4.78 is 0. The summed E-state index contributed by atoms with van der Waals surface area (Å²) in [6, 6.07) is 18.1. The number of hydrogen-bond donors (Lipinski definition) is 3. The van der Waals surface area contributed by atoms with Crippen molar-refractivity contribution in [2.75, 3.05) is 10.6 Å². The van der Waals surface area contributed by atoms with Gasteiger partial charge in [0.25, 0.3) is 5.91 Å². The molecule has 3 heterocycles. The molecule has 8 nitrogen and oxygen atoms in total. The highest BCUT2D eigenvalue weighted by Gasteiger charge is 2.16. The Kier molecular flexibility index (Phi) is 5.19. The van der Waals surface area contributed by atoms with E-state index in [9.17, 15) is 4.79 Å². The maximum absolute atomic E-state index is 12.5. The van der Waals surface area contributed by atoms with Crippen LogP contribution < -0.4 is 10.6 Å². The largest absolute Gasteiger partial charge is 0.339 e. The van der Waals surface area contributed by atoms with Gasteiger partial charge in [-0.05, 0) is 42.5 Å². The molecule has 3 aromatic heterocycles. The number of anilines is 3. The predicted octanol–water partition coefficient (Wildman–Crippen LogP) is 5.06. The third-order valence-electron chi connectivity index (χ3n) is 4.78. The van der Waals surface area contributed by atoms with Crippen molar-refractivity contribution in [2.45, 2.75) is 0 Å². The van der Waals surface area contributed by atoms with E-state index in [1.807, 2.05) is 42.5 Å². The average Bonchev–Trinajstić information content (AvgIpc) is 3.25. The van der Waals surface area contributed by atoms with Gasteiger partial charge in [-0.1, -0.05) is 29.8 Å². The van der Waals surface area contributed by atoms with Gasteiger partial charge in [-0.25, -0.2) is 9.97 Å². The maximum Gasteiger partial charge on any atom is 0.255 e. The predicted molar refractivity (Wildman–Crippen MR) is 124 cm³/mol. The van der Waals surface area contributed by atoms with Crippen molar-refractivity contribution in [3.8, 4) is 11.3 Å². The van der Waals surface area contributed by atoms with Crippen LogP contribution in [-0.2, 0) is 0 Å². The molecule has 5 rings (SSSR count). The van der Waals surface area contributed by atoms with E-state index in [0.717, 1.165) is 16.6 Å². The van der Waals surface area contributed by atoms with Crippen molar-refractivity contribution in [3.63, 3.8) is 0 Å². The Balaban J connectivity index is 1.50. The summed E-state index contributed by atoms with van der Waals surface area (Å²) in [5, 5.41) is 14.9. The van der Waals surface area contributed by atoms with Crippen LogP contribution in [0.3, 0.4) is 0 Å². The number of fused-ring (bicyclic) bond motifs is 1. The third-order valence-corrected chi connectivity index (χ3v) is 5.02. The number of nitrogens with zero attached hydrogens (tertiary/aromatic N) is 4. The monoisotopic (exact) mass is 441 g/mol. The highest BCUT2D eigenvalue weighted by molar-refractivity contribution is 6.30. The van der Waals surface area contributed by atoms with Gasteiger partial charge in [-0.15, -0.1) is 0 Å². The molecule has 156 valence electrons. The lowest BCUT2D eigenvalue weighted by Gasteiger charge is -2.09. The van der Waals surface area contributed by atoms with E-state index >= 15 is 0 Å².